The molecular weight excluding hydrogens is 344 g/mol. The molecule has 5 heteroatoms. The van der Waals surface area contributed by atoms with E-state index in [2.05, 4.69) is 0 Å². The molecule has 0 saturated carbocycles. The van der Waals surface area contributed by atoms with Gasteiger partial charge in [0.2, 0.25) is 0 Å². The summed E-state index contributed by atoms with van der Waals surface area (Å²) in [5.74, 6) is -0.572. The van der Waals surface area contributed by atoms with Crippen LogP contribution >= 0.6 is 0 Å². The fourth-order valence-electron chi connectivity index (χ4n) is 3.17. The average molecular weight is 366 g/mol. The third-order valence-electron chi connectivity index (χ3n) is 4.81. The van der Waals surface area contributed by atoms with Crippen LogP contribution in [0.3, 0.4) is 0 Å². The standard InChI is InChI=1S/C22H22O5/c1-3-14(2)21(15-7-5-4-6-8-15)22(25)26-13-16-11-20(24)27-19-12-17(23)9-10-18(16)19/h4-12,14,21,23H,3,13H2,1-2H3/t14-,21-/m1/s1. The van der Waals surface area contributed by atoms with Crippen molar-refractivity contribution in [1.29, 1.82) is 0 Å². The summed E-state index contributed by atoms with van der Waals surface area (Å²) in [5, 5.41) is 10.2. The molecule has 0 bridgehead atoms. The molecule has 140 valence electrons. The van der Waals surface area contributed by atoms with Gasteiger partial charge in [0.05, 0.1) is 5.92 Å². The number of aromatic hydroxyl groups is 1. The van der Waals surface area contributed by atoms with Gasteiger partial charge in [0.1, 0.15) is 17.9 Å². The number of fused-ring (bicyclic) bond motifs is 1. The Morgan fingerprint density at radius 1 is 1.15 bits per heavy atom. The Hall–Kier alpha value is -3.08. The second-order valence-electron chi connectivity index (χ2n) is 6.65. The quantitative estimate of drug-likeness (QED) is 0.518. The fraction of sp³-hybridized carbons (Fsp3) is 0.273. The number of carbonyl (C=O) groups is 1. The van der Waals surface area contributed by atoms with Crippen LogP contribution in [-0.2, 0) is 16.1 Å². The van der Waals surface area contributed by atoms with Gasteiger partial charge in [0.15, 0.2) is 0 Å². The highest BCUT2D eigenvalue weighted by molar-refractivity contribution is 5.82. The third-order valence-corrected chi connectivity index (χ3v) is 4.81. The second kappa shape index (κ2) is 8.08. The lowest BCUT2D eigenvalue weighted by Crippen LogP contribution is -2.22. The Morgan fingerprint density at radius 3 is 2.59 bits per heavy atom. The molecule has 5 nitrogen and oxygen atoms in total. The maximum atomic E-state index is 12.8. The monoisotopic (exact) mass is 366 g/mol. The smallest absolute Gasteiger partial charge is 0.336 e. The molecular formula is C22H22O5. The van der Waals surface area contributed by atoms with E-state index in [0.717, 1.165) is 12.0 Å². The molecule has 2 aromatic carbocycles. The summed E-state index contributed by atoms with van der Waals surface area (Å²) in [6.07, 6.45) is 0.839. The minimum atomic E-state index is -0.555. The highest BCUT2D eigenvalue weighted by Gasteiger charge is 2.27. The van der Waals surface area contributed by atoms with Crippen molar-refractivity contribution in [3.05, 3.63) is 76.1 Å². The van der Waals surface area contributed by atoms with Gasteiger partial charge in [-0.05, 0) is 23.6 Å². The van der Waals surface area contributed by atoms with E-state index in [1.54, 1.807) is 6.07 Å². The predicted octanol–water partition coefficient (Wildman–Crippen LogP) is 4.37. The number of ether oxygens (including phenoxy) is 1. The predicted molar refractivity (Wildman–Crippen MR) is 103 cm³/mol. The van der Waals surface area contributed by atoms with Crippen LogP contribution in [0.25, 0.3) is 11.0 Å². The van der Waals surface area contributed by atoms with Crippen LogP contribution in [-0.4, -0.2) is 11.1 Å². The minimum Gasteiger partial charge on any atom is -0.508 e. The largest absolute Gasteiger partial charge is 0.508 e. The first kappa shape index (κ1) is 18.7. The summed E-state index contributed by atoms with van der Waals surface area (Å²) in [4.78, 5) is 24.6. The van der Waals surface area contributed by atoms with Crippen molar-refractivity contribution in [3.63, 3.8) is 0 Å². The molecule has 0 aliphatic rings. The van der Waals surface area contributed by atoms with Gasteiger partial charge in [-0.1, -0.05) is 50.6 Å². The van der Waals surface area contributed by atoms with Gasteiger partial charge >= 0.3 is 11.6 Å². The normalized spacial score (nSPS) is 13.3. The first-order valence-corrected chi connectivity index (χ1v) is 8.97. The number of hydrogen-bond acceptors (Lipinski definition) is 5. The van der Waals surface area contributed by atoms with Crippen molar-refractivity contribution in [2.45, 2.75) is 32.8 Å². The molecule has 1 heterocycles. The molecule has 0 spiro atoms. The molecule has 0 fully saturated rings. The summed E-state index contributed by atoms with van der Waals surface area (Å²) < 4.78 is 10.7. The minimum absolute atomic E-state index is 0.000655. The maximum Gasteiger partial charge on any atom is 0.336 e. The van der Waals surface area contributed by atoms with E-state index in [9.17, 15) is 14.7 Å². The number of esters is 1. The molecule has 2 atom stereocenters. The summed E-state index contributed by atoms with van der Waals surface area (Å²) in [6.45, 7) is 4.02. The summed E-state index contributed by atoms with van der Waals surface area (Å²) in [7, 11) is 0. The molecule has 0 aliphatic carbocycles. The number of hydrogen-bond donors (Lipinski definition) is 1. The maximum absolute atomic E-state index is 12.8. The van der Waals surface area contributed by atoms with Crippen LogP contribution in [0.15, 0.2) is 63.8 Å². The van der Waals surface area contributed by atoms with Crippen LogP contribution < -0.4 is 5.63 Å². The number of benzene rings is 2. The molecule has 1 aromatic heterocycles. The van der Waals surface area contributed by atoms with E-state index < -0.39 is 5.63 Å². The molecule has 27 heavy (non-hydrogen) atoms. The third kappa shape index (κ3) is 4.19. The summed E-state index contributed by atoms with van der Waals surface area (Å²) in [6, 6.07) is 15.4. The van der Waals surface area contributed by atoms with Crippen molar-refractivity contribution in [3.8, 4) is 5.75 Å². The lowest BCUT2D eigenvalue weighted by molar-refractivity contribution is -0.148. The van der Waals surface area contributed by atoms with Gasteiger partial charge in [-0.3, -0.25) is 4.79 Å². The van der Waals surface area contributed by atoms with Crippen LogP contribution in [0.4, 0.5) is 0 Å². The highest BCUT2D eigenvalue weighted by atomic mass is 16.5. The lowest BCUT2D eigenvalue weighted by atomic mass is 9.85. The van der Waals surface area contributed by atoms with Crippen molar-refractivity contribution in [2.24, 2.45) is 5.92 Å². The number of carbonyl (C=O) groups excluding carboxylic acids is 1. The average Bonchev–Trinajstić information content (AvgIpc) is 2.66. The number of rotatable bonds is 6. The molecule has 0 radical (unpaired) electrons. The zero-order chi connectivity index (χ0) is 19.4. The van der Waals surface area contributed by atoms with E-state index in [1.165, 1.54) is 18.2 Å². The molecule has 0 saturated heterocycles. The van der Waals surface area contributed by atoms with Gasteiger partial charge in [0.25, 0.3) is 0 Å². The van der Waals surface area contributed by atoms with Gasteiger partial charge in [0, 0.05) is 23.1 Å². The molecule has 3 aromatic rings. The second-order valence-corrected chi connectivity index (χ2v) is 6.65. The molecule has 0 unspecified atom stereocenters. The number of phenolic OH excluding ortho intramolecular Hbond substituents is 1. The Balaban J connectivity index is 1.86. The van der Waals surface area contributed by atoms with Crippen LogP contribution in [0, 0.1) is 5.92 Å². The Kier molecular flexibility index (Phi) is 5.60. The Morgan fingerprint density at radius 2 is 1.89 bits per heavy atom. The molecule has 3 rings (SSSR count). The number of phenols is 1. The lowest BCUT2D eigenvalue weighted by Gasteiger charge is -2.22. The Labute approximate surface area is 157 Å². The van der Waals surface area contributed by atoms with Gasteiger partial charge in [-0.15, -0.1) is 0 Å². The van der Waals surface area contributed by atoms with Gasteiger partial charge < -0.3 is 14.3 Å². The zero-order valence-electron chi connectivity index (χ0n) is 15.3. The van der Waals surface area contributed by atoms with E-state index in [0.29, 0.717) is 10.9 Å². The van der Waals surface area contributed by atoms with Crippen LogP contribution in [0.1, 0.15) is 37.3 Å². The van der Waals surface area contributed by atoms with E-state index in [-0.39, 0.29) is 35.7 Å². The molecule has 0 amide bonds. The van der Waals surface area contributed by atoms with Crippen LogP contribution in [0.5, 0.6) is 5.75 Å². The van der Waals surface area contributed by atoms with E-state index >= 15 is 0 Å². The SMILES string of the molecule is CC[C@@H](C)[C@@H](C(=O)OCc1cc(=O)oc2cc(O)ccc12)c1ccccc1. The summed E-state index contributed by atoms with van der Waals surface area (Å²) >= 11 is 0. The molecule has 0 aliphatic heterocycles. The first-order valence-electron chi connectivity index (χ1n) is 8.97. The topological polar surface area (TPSA) is 76.7 Å². The van der Waals surface area contributed by atoms with Crippen molar-refractivity contribution in [1.82, 2.24) is 0 Å². The van der Waals surface area contributed by atoms with Gasteiger partial charge in [-0.25, -0.2) is 4.79 Å². The molecule has 1 N–H and O–H groups in total. The van der Waals surface area contributed by atoms with E-state index in [1.807, 2.05) is 44.2 Å². The summed E-state index contributed by atoms with van der Waals surface area (Å²) in [5.41, 5.74) is 1.17. The van der Waals surface area contributed by atoms with Gasteiger partial charge in [-0.2, -0.15) is 0 Å². The highest BCUT2D eigenvalue weighted by Crippen LogP contribution is 2.29. The first-order chi connectivity index (χ1) is 13.0. The van der Waals surface area contributed by atoms with Crippen molar-refractivity contribution >= 4 is 16.9 Å². The zero-order valence-corrected chi connectivity index (χ0v) is 15.3. The van der Waals surface area contributed by atoms with E-state index in [4.69, 9.17) is 9.15 Å². The van der Waals surface area contributed by atoms with Crippen molar-refractivity contribution < 1.29 is 19.1 Å². The van der Waals surface area contributed by atoms with Crippen molar-refractivity contribution in [2.75, 3.05) is 0 Å². The fourth-order valence-corrected chi connectivity index (χ4v) is 3.17. The Bertz CT molecular complexity index is 991. The van der Waals surface area contributed by atoms with Crippen LogP contribution in [0.2, 0.25) is 0 Å².